The van der Waals surface area contributed by atoms with Gasteiger partial charge in [0.2, 0.25) is 11.8 Å². The van der Waals surface area contributed by atoms with Gasteiger partial charge in [0.25, 0.3) is 0 Å². The molecule has 1 aromatic carbocycles. The van der Waals surface area contributed by atoms with Crippen LogP contribution in [0.2, 0.25) is 0 Å². The van der Waals surface area contributed by atoms with Crippen LogP contribution in [0.1, 0.15) is 17.5 Å². The number of fused-ring (bicyclic) bond motifs is 1. The maximum Gasteiger partial charge on any atom is 0.228 e. The van der Waals surface area contributed by atoms with Crippen LogP contribution in [0.5, 0.6) is 0 Å². The Hall–Kier alpha value is -3.49. The second-order valence-electron chi connectivity index (χ2n) is 8.23. The van der Waals surface area contributed by atoms with Gasteiger partial charge in [0.15, 0.2) is 11.4 Å². The lowest BCUT2D eigenvalue weighted by molar-refractivity contribution is 0.206. The van der Waals surface area contributed by atoms with E-state index in [-0.39, 0.29) is 0 Å². The average Bonchev–Trinajstić information content (AvgIpc) is 3.54. The number of hydrogen-bond donors (Lipinski definition) is 0. The van der Waals surface area contributed by atoms with E-state index in [1.54, 1.807) is 13.4 Å². The summed E-state index contributed by atoms with van der Waals surface area (Å²) in [7, 11) is 3.68. The number of methoxy groups -OCH3 is 1. The zero-order valence-electron chi connectivity index (χ0n) is 19.0. The van der Waals surface area contributed by atoms with Crippen molar-refractivity contribution in [2.24, 2.45) is 0 Å². The lowest BCUT2D eigenvalue weighted by Crippen LogP contribution is -2.29. The van der Waals surface area contributed by atoms with Crippen molar-refractivity contribution in [1.29, 1.82) is 0 Å². The maximum atomic E-state index is 5.55. The lowest BCUT2D eigenvalue weighted by atomic mass is 9.99. The molecule has 33 heavy (non-hydrogen) atoms. The van der Waals surface area contributed by atoms with E-state index < -0.39 is 0 Å². The summed E-state index contributed by atoms with van der Waals surface area (Å²) in [4.78, 5) is 14.0. The molecule has 5 rings (SSSR count). The Morgan fingerprint density at radius 3 is 2.76 bits per heavy atom. The second kappa shape index (κ2) is 9.56. The minimum atomic E-state index is 0.556. The predicted octanol–water partition coefficient (Wildman–Crippen LogP) is 3.76. The van der Waals surface area contributed by atoms with E-state index in [1.165, 1.54) is 11.1 Å². The predicted molar refractivity (Wildman–Crippen MR) is 128 cm³/mol. The van der Waals surface area contributed by atoms with E-state index in [1.807, 2.05) is 34.8 Å². The highest BCUT2D eigenvalue weighted by Crippen LogP contribution is 2.25. The van der Waals surface area contributed by atoms with Gasteiger partial charge >= 0.3 is 0 Å². The normalized spacial score (nSPS) is 14.5. The first kappa shape index (κ1) is 21.4. The zero-order chi connectivity index (χ0) is 22.6. The number of likely N-dealkylation sites (N-methyl/N-ethyl adjacent to an activating group) is 1. The smallest absolute Gasteiger partial charge is 0.228 e. The fourth-order valence-electron chi connectivity index (χ4n) is 4.13. The summed E-state index contributed by atoms with van der Waals surface area (Å²) in [6.45, 7) is 3.94. The van der Waals surface area contributed by atoms with Gasteiger partial charge in [-0.3, -0.25) is 4.90 Å². The molecule has 170 valence electrons. The monoisotopic (exact) mass is 444 g/mol. The molecule has 0 radical (unpaired) electrons. The van der Waals surface area contributed by atoms with Crippen LogP contribution >= 0.6 is 0 Å². The molecule has 4 aromatic rings. The number of furan rings is 1. The average molecular weight is 445 g/mol. The Morgan fingerprint density at radius 1 is 1.15 bits per heavy atom. The van der Waals surface area contributed by atoms with Crippen molar-refractivity contribution >= 4 is 17.2 Å². The van der Waals surface area contributed by atoms with Gasteiger partial charge < -0.3 is 14.1 Å². The molecule has 4 heterocycles. The van der Waals surface area contributed by atoms with E-state index in [9.17, 15) is 0 Å². The molecule has 0 saturated carbocycles. The van der Waals surface area contributed by atoms with Gasteiger partial charge in [-0.25, -0.2) is 9.97 Å². The van der Waals surface area contributed by atoms with E-state index in [0.29, 0.717) is 24.7 Å². The Bertz CT molecular complexity index is 1230. The van der Waals surface area contributed by atoms with Gasteiger partial charge in [0.1, 0.15) is 0 Å². The van der Waals surface area contributed by atoms with E-state index in [0.717, 1.165) is 43.2 Å². The molecular weight excluding hydrogens is 416 g/mol. The van der Waals surface area contributed by atoms with Gasteiger partial charge in [-0.05, 0) is 29.7 Å². The Morgan fingerprint density at radius 2 is 2.03 bits per heavy atom. The highest BCUT2D eigenvalue weighted by Gasteiger charge is 2.20. The summed E-state index contributed by atoms with van der Waals surface area (Å²) in [5.74, 6) is 1.92. The summed E-state index contributed by atoms with van der Waals surface area (Å²) in [5.41, 5.74) is 4.56. The number of aromatic nitrogens is 4. The van der Waals surface area contributed by atoms with E-state index in [2.05, 4.69) is 41.3 Å². The molecule has 0 amide bonds. The highest BCUT2D eigenvalue weighted by atomic mass is 16.5. The third-order valence-electron chi connectivity index (χ3n) is 5.97. The third kappa shape index (κ3) is 4.53. The summed E-state index contributed by atoms with van der Waals surface area (Å²) in [5, 5.41) is 4.73. The van der Waals surface area contributed by atoms with Gasteiger partial charge in [0, 0.05) is 52.1 Å². The van der Waals surface area contributed by atoms with Gasteiger partial charge in [-0.2, -0.15) is 4.52 Å². The SMILES string of the molecule is COCCN(C)c1ncc(CN2CC=C(c3ccccc3)CC2)c2nc(-c3ccco3)nn12. The third-order valence-corrected chi connectivity index (χ3v) is 5.97. The van der Waals surface area contributed by atoms with Crippen LogP contribution in [0.25, 0.3) is 22.8 Å². The van der Waals surface area contributed by atoms with Crippen molar-refractivity contribution < 1.29 is 9.15 Å². The summed E-state index contributed by atoms with van der Waals surface area (Å²) < 4.78 is 12.6. The first-order valence-electron chi connectivity index (χ1n) is 11.2. The molecule has 0 spiro atoms. The number of rotatable bonds is 8. The van der Waals surface area contributed by atoms with Crippen molar-refractivity contribution in [1.82, 2.24) is 24.5 Å². The molecule has 1 aliphatic rings. The zero-order valence-corrected chi connectivity index (χ0v) is 19.0. The molecule has 0 aliphatic carbocycles. The summed E-state index contributed by atoms with van der Waals surface area (Å²) in [6.07, 6.45) is 6.91. The Labute approximate surface area is 193 Å². The minimum absolute atomic E-state index is 0.556. The van der Waals surface area contributed by atoms with Crippen LogP contribution in [0, 0.1) is 0 Å². The summed E-state index contributed by atoms with van der Waals surface area (Å²) in [6, 6.07) is 14.3. The number of anilines is 1. The minimum Gasteiger partial charge on any atom is -0.461 e. The first-order valence-corrected chi connectivity index (χ1v) is 11.2. The fraction of sp³-hybridized carbons (Fsp3) is 0.320. The molecule has 0 bridgehead atoms. The van der Waals surface area contributed by atoms with Crippen molar-refractivity contribution in [2.45, 2.75) is 13.0 Å². The molecule has 0 saturated heterocycles. The molecule has 8 heteroatoms. The molecular formula is C25H28N6O2. The van der Waals surface area contributed by atoms with Crippen LogP contribution in [0.3, 0.4) is 0 Å². The van der Waals surface area contributed by atoms with Crippen LogP contribution < -0.4 is 4.90 Å². The fourth-order valence-corrected chi connectivity index (χ4v) is 4.13. The maximum absolute atomic E-state index is 5.55. The topological polar surface area (TPSA) is 71.9 Å². The van der Waals surface area contributed by atoms with Gasteiger partial charge in [0.05, 0.1) is 12.9 Å². The quantitative estimate of drug-likeness (QED) is 0.410. The molecule has 0 fully saturated rings. The van der Waals surface area contributed by atoms with Gasteiger partial charge in [-0.1, -0.05) is 36.4 Å². The molecule has 3 aromatic heterocycles. The highest BCUT2D eigenvalue weighted by molar-refractivity contribution is 5.66. The van der Waals surface area contributed by atoms with E-state index >= 15 is 0 Å². The van der Waals surface area contributed by atoms with Crippen molar-refractivity contribution in [3.8, 4) is 11.6 Å². The van der Waals surface area contributed by atoms with Crippen LogP contribution in [-0.4, -0.2) is 64.9 Å². The van der Waals surface area contributed by atoms with Gasteiger partial charge in [-0.15, -0.1) is 5.10 Å². The van der Waals surface area contributed by atoms with Crippen molar-refractivity contribution in [3.05, 3.63) is 72.1 Å². The standard InChI is InChI=1S/C25H28N6O2/c1-29(14-16-32-2)25-26-17-21(24-27-23(28-31(24)25)22-9-6-15-33-22)18-30-12-10-20(11-13-30)19-7-4-3-5-8-19/h3-10,15,17H,11-14,16,18H2,1-2H3. The first-order chi connectivity index (χ1) is 16.2. The van der Waals surface area contributed by atoms with Crippen molar-refractivity contribution in [3.63, 3.8) is 0 Å². The molecule has 0 N–H and O–H groups in total. The summed E-state index contributed by atoms with van der Waals surface area (Å²) >= 11 is 0. The van der Waals surface area contributed by atoms with Crippen LogP contribution in [-0.2, 0) is 11.3 Å². The molecule has 8 nitrogen and oxygen atoms in total. The number of ether oxygens (including phenoxy) is 1. The Kier molecular flexibility index (Phi) is 6.19. The van der Waals surface area contributed by atoms with Crippen LogP contribution in [0.15, 0.2) is 65.4 Å². The number of nitrogens with zero attached hydrogens (tertiary/aromatic N) is 6. The molecule has 1 aliphatic heterocycles. The molecule has 0 atom stereocenters. The Balaban J connectivity index is 1.43. The largest absolute Gasteiger partial charge is 0.461 e. The van der Waals surface area contributed by atoms with Crippen LogP contribution in [0.4, 0.5) is 5.95 Å². The second-order valence-corrected chi connectivity index (χ2v) is 8.23. The lowest BCUT2D eigenvalue weighted by Gasteiger charge is -2.27. The number of benzene rings is 1. The van der Waals surface area contributed by atoms with Crippen molar-refractivity contribution in [2.75, 3.05) is 45.3 Å². The van der Waals surface area contributed by atoms with E-state index in [4.69, 9.17) is 24.2 Å². The number of hydrogen-bond acceptors (Lipinski definition) is 7. The molecule has 0 unspecified atom stereocenters.